The molecule has 0 unspecified atom stereocenters. The van der Waals surface area contributed by atoms with Crippen molar-refractivity contribution in [2.24, 2.45) is 5.10 Å². The molecule has 8 heteroatoms. The van der Waals surface area contributed by atoms with Gasteiger partial charge in [-0.3, -0.25) is 5.43 Å². The topological polar surface area (TPSA) is 63.5 Å². The number of nitrogens with zero attached hydrogens (tertiary/aromatic N) is 3. The second kappa shape index (κ2) is 9.36. The summed E-state index contributed by atoms with van der Waals surface area (Å²) in [6, 6.07) is 10.0. The number of benzene rings is 1. The van der Waals surface area contributed by atoms with Gasteiger partial charge in [0, 0.05) is 13.7 Å². The van der Waals surface area contributed by atoms with Crippen molar-refractivity contribution >= 4 is 35.1 Å². The first-order valence-corrected chi connectivity index (χ1v) is 8.23. The zero-order chi connectivity index (χ0) is 17.4. The Morgan fingerprint density at radius 1 is 1.42 bits per heavy atom. The highest BCUT2D eigenvalue weighted by Crippen LogP contribution is 2.19. The summed E-state index contributed by atoms with van der Waals surface area (Å²) in [4.78, 5) is 0. The van der Waals surface area contributed by atoms with Crippen LogP contribution in [0.3, 0.4) is 0 Å². The Labute approximate surface area is 151 Å². The van der Waals surface area contributed by atoms with E-state index in [4.69, 9.17) is 28.6 Å². The maximum atomic E-state index is 6.41. The Hall–Kier alpha value is -1.96. The molecule has 128 valence electrons. The van der Waals surface area contributed by atoms with Crippen LogP contribution in [0.2, 0.25) is 5.15 Å². The minimum absolute atomic E-state index is 0.425. The van der Waals surface area contributed by atoms with Crippen molar-refractivity contribution in [1.82, 2.24) is 20.5 Å². The predicted octanol–water partition coefficient (Wildman–Crippen LogP) is 2.34. The van der Waals surface area contributed by atoms with Crippen LogP contribution >= 0.6 is 23.8 Å². The van der Waals surface area contributed by atoms with E-state index in [0.29, 0.717) is 30.0 Å². The molecule has 0 atom stereocenters. The van der Waals surface area contributed by atoms with Gasteiger partial charge >= 0.3 is 0 Å². The Morgan fingerprint density at radius 2 is 2.17 bits per heavy atom. The highest BCUT2D eigenvalue weighted by Gasteiger charge is 2.11. The van der Waals surface area contributed by atoms with Crippen LogP contribution in [0, 0.1) is 6.92 Å². The van der Waals surface area contributed by atoms with Gasteiger partial charge in [0.2, 0.25) is 0 Å². The number of aromatic nitrogens is 2. The minimum Gasteiger partial charge on any atom is -0.383 e. The SMILES string of the molecule is COCCNC(=S)N/N=C/c1c(C)nn(Cc2ccccc2)c1Cl. The number of ether oxygens (including phenoxy) is 1. The average Bonchev–Trinajstić information content (AvgIpc) is 2.83. The van der Waals surface area contributed by atoms with Gasteiger partial charge < -0.3 is 10.1 Å². The van der Waals surface area contributed by atoms with E-state index >= 15 is 0 Å². The van der Waals surface area contributed by atoms with E-state index in [2.05, 4.69) is 20.9 Å². The number of methoxy groups -OCH3 is 1. The summed E-state index contributed by atoms with van der Waals surface area (Å²) in [6.07, 6.45) is 1.62. The van der Waals surface area contributed by atoms with E-state index in [-0.39, 0.29) is 0 Å². The van der Waals surface area contributed by atoms with Crippen LogP contribution in [0.1, 0.15) is 16.8 Å². The minimum atomic E-state index is 0.425. The zero-order valence-electron chi connectivity index (χ0n) is 13.6. The lowest BCUT2D eigenvalue weighted by molar-refractivity contribution is 0.204. The van der Waals surface area contributed by atoms with Gasteiger partial charge in [-0.15, -0.1) is 0 Å². The monoisotopic (exact) mass is 365 g/mol. The summed E-state index contributed by atoms with van der Waals surface area (Å²) in [6.45, 7) is 3.69. The van der Waals surface area contributed by atoms with Crippen LogP contribution in [-0.2, 0) is 11.3 Å². The molecule has 0 spiro atoms. The van der Waals surface area contributed by atoms with E-state index in [1.165, 1.54) is 0 Å². The lowest BCUT2D eigenvalue weighted by Crippen LogP contribution is -2.34. The number of hydrazone groups is 1. The van der Waals surface area contributed by atoms with Gasteiger partial charge in [0.1, 0.15) is 5.15 Å². The van der Waals surface area contributed by atoms with Crippen molar-refractivity contribution in [3.05, 3.63) is 52.3 Å². The van der Waals surface area contributed by atoms with E-state index in [9.17, 15) is 0 Å². The Kier molecular flexibility index (Phi) is 7.17. The van der Waals surface area contributed by atoms with Crippen LogP contribution in [0.4, 0.5) is 0 Å². The second-order valence-corrected chi connectivity index (χ2v) is 5.82. The van der Waals surface area contributed by atoms with E-state index in [1.54, 1.807) is 18.0 Å². The number of hydrogen-bond acceptors (Lipinski definition) is 4. The molecule has 0 saturated carbocycles. The number of hydrogen-bond donors (Lipinski definition) is 2. The smallest absolute Gasteiger partial charge is 0.187 e. The molecule has 1 heterocycles. The molecule has 0 radical (unpaired) electrons. The maximum Gasteiger partial charge on any atom is 0.187 e. The van der Waals surface area contributed by atoms with Crippen molar-refractivity contribution in [3.8, 4) is 0 Å². The third kappa shape index (κ3) is 5.30. The molecule has 2 aromatic rings. The van der Waals surface area contributed by atoms with Crippen molar-refractivity contribution in [3.63, 3.8) is 0 Å². The molecule has 0 aliphatic heterocycles. The van der Waals surface area contributed by atoms with E-state index in [0.717, 1.165) is 16.8 Å². The summed E-state index contributed by atoms with van der Waals surface area (Å²) in [5.74, 6) is 0. The summed E-state index contributed by atoms with van der Waals surface area (Å²) in [7, 11) is 1.63. The van der Waals surface area contributed by atoms with Crippen LogP contribution in [0.5, 0.6) is 0 Å². The number of nitrogens with one attached hydrogen (secondary N) is 2. The van der Waals surface area contributed by atoms with Gasteiger partial charge in [0.25, 0.3) is 0 Å². The second-order valence-electron chi connectivity index (χ2n) is 5.05. The molecule has 1 aromatic carbocycles. The van der Waals surface area contributed by atoms with Gasteiger partial charge in [0.05, 0.1) is 30.6 Å². The molecule has 1 aromatic heterocycles. The largest absolute Gasteiger partial charge is 0.383 e. The third-order valence-corrected chi connectivity index (χ3v) is 3.87. The molecule has 24 heavy (non-hydrogen) atoms. The standard InChI is InChI=1S/C16H20ClN5OS/c1-12-14(10-19-20-16(24)18-8-9-23-2)15(17)22(21-12)11-13-6-4-3-5-7-13/h3-7,10H,8-9,11H2,1-2H3,(H2,18,20,24)/b19-10+. The highest BCUT2D eigenvalue weighted by atomic mass is 35.5. The van der Waals surface area contributed by atoms with Crippen molar-refractivity contribution < 1.29 is 4.74 Å². The Bertz CT molecular complexity index is 702. The van der Waals surface area contributed by atoms with Crippen LogP contribution < -0.4 is 10.7 Å². The molecule has 0 bridgehead atoms. The quantitative estimate of drug-likeness (QED) is 0.341. The molecule has 0 saturated heterocycles. The fourth-order valence-corrected chi connectivity index (χ4v) is 2.47. The first kappa shape index (κ1) is 18.4. The van der Waals surface area contributed by atoms with E-state index in [1.807, 2.05) is 37.3 Å². The first-order valence-electron chi connectivity index (χ1n) is 7.44. The van der Waals surface area contributed by atoms with E-state index < -0.39 is 0 Å². The first-order chi connectivity index (χ1) is 11.6. The van der Waals surface area contributed by atoms with Crippen LogP contribution in [-0.4, -0.2) is 41.4 Å². The van der Waals surface area contributed by atoms with Crippen molar-refractivity contribution in [1.29, 1.82) is 0 Å². The number of thiocarbonyl (C=S) groups is 1. The zero-order valence-corrected chi connectivity index (χ0v) is 15.2. The third-order valence-electron chi connectivity index (χ3n) is 3.24. The maximum absolute atomic E-state index is 6.41. The van der Waals surface area contributed by atoms with Crippen molar-refractivity contribution in [2.45, 2.75) is 13.5 Å². The van der Waals surface area contributed by atoms with Crippen LogP contribution in [0.25, 0.3) is 0 Å². The molecule has 0 aliphatic rings. The predicted molar refractivity (Wildman–Crippen MR) is 101 cm³/mol. The normalized spacial score (nSPS) is 11.0. The van der Waals surface area contributed by atoms with Crippen molar-refractivity contribution in [2.75, 3.05) is 20.3 Å². The molecule has 2 rings (SSSR count). The molecule has 2 N–H and O–H groups in total. The molecule has 0 amide bonds. The van der Waals surface area contributed by atoms with Gasteiger partial charge in [-0.05, 0) is 24.7 Å². The lowest BCUT2D eigenvalue weighted by atomic mass is 10.2. The average molecular weight is 366 g/mol. The van der Waals surface area contributed by atoms with Gasteiger partial charge in [0.15, 0.2) is 5.11 Å². The molecule has 6 nitrogen and oxygen atoms in total. The van der Waals surface area contributed by atoms with Gasteiger partial charge in [-0.2, -0.15) is 10.2 Å². The van der Waals surface area contributed by atoms with Gasteiger partial charge in [-0.25, -0.2) is 4.68 Å². The number of halogens is 1. The molecular formula is C16H20ClN5OS. The molecule has 0 fully saturated rings. The number of rotatable bonds is 7. The fraction of sp³-hybridized carbons (Fsp3) is 0.312. The summed E-state index contributed by atoms with van der Waals surface area (Å²) in [5, 5.41) is 12.5. The fourth-order valence-electron chi connectivity index (χ4n) is 2.04. The molecular weight excluding hydrogens is 346 g/mol. The summed E-state index contributed by atoms with van der Waals surface area (Å²) < 4.78 is 6.68. The Morgan fingerprint density at radius 3 is 2.88 bits per heavy atom. The molecule has 0 aliphatic carbocycles. The van der Waals surface area contributed by atoms with Gasteiger partial charge in [-0.1, -0.05) is 41.9 Å². The van der Waals surface area contributed by atoms with Crippen LogP contribution in [0.15, 0.2) is 35.4 Å². The lowest BCUT2D eigenvalue weighted by Gasteiger charge is -2.05. The Balaban J connectivity index is 1.98. The number of aryl methyl sites for hydroxylation is 1. The summed E-state index contributed by atoms with van der Waals surface area (Å²) in [5.41, 5.74) is 5.44. The highest BCUT2D eigenvalue weighted by molar-refractivity contribution is 7.80. The summed E-state index contributed by atoms with van der Waals surface area (Å²) >= 11 is 11.5.